The van der Waals surface area contributed by atoms with E-state index in [9.17, 15) is 4.39 Å². The summed E-state index contributed by atoms with van der Waals surface area (Å²) in [6.07, 6.45) is 1.24. The summed E-state index contributed by atoms with van der Waals surface area (Å²) in [5, 5.41) is 12.7. The largest absolute Gasteiger partial charge is 0.376 e. The highest BCUT2D eigenvalue weighted by atomic mass is 32.1. The minimum Gasteiger partial charge on any atom is -0.376 e. The monoisotopic (exact) mass is 265 g/mol. The van der Waals surface area contributed by atoms with Crippen molar-refractivity contribution in [3.05, 3.63) is 29.1 Å². The van der Waals surface area contributed by atoms with Crippen LogP contribution in [0.1, 0.15) is 11.1 Å². The van der Waals surface area contributed by atoms with Gasteiger partial charge in [0.2, 0.25) is 0 Å². The lowest BCUT2D eigenvalue weighted by Crippen LogP contribution is -2.24. The lowest BCUT2D eigenvalue weighted by molar-refractivity contribution is 0.625. The van der Waals surface area contributed by atoms with Gasteiger partial charge in [0, 0.05) is 14.1 Å². The van der Waals surface area contributed by atoms with Crippen molar-refractivity contribution in [2.24, 2.45) is 10.8 Å². The number of thiocarbonyl (C=S) groups is 1. The smallest absolute Gasteiger partial charge is 0.184 e. The van der Waals surface area contributed by atoms with Crippen LogP contribution in [0.2, 0.25) is 0 Å². The van der Waals surface area contributed by atoms with E-state index in [1.54, 1.807) is 19.0 Å². The zero-order valence-electron chi connectivity index (χ0n) is 9.94. The van der Waals surface area contributed by atoms with E-state index >= 15 is 0 Å². The van der Waals surface area contributed by atoms with Crippen LogP contribution in [0.25, 0.3) is 0 Å². The van der Waals surface area contributed by atoms with E-state index in [1.807, 2.05) is 6.07 Å². The first kappa shape index (κ1) is 13.9. The Bertz CT molecular complexity index is 533. The van der Waals surface area contributed by atoms with Crippen LogP contribution >= 0.6 is 12.2 Å². The Hall–Kier alpha value is -2.20. The van der Waals surface area contributed by atoms with Gasteiger partial charge in [-0.1, -0.05) is 0 Å². The van der Waals surface area contributed by atoms with Gasteiger partial charge in [0.25, 0.3) is 0 Å². The van der Waals surface area contributed by atoms with Crippen LogP contribution in [-0.4, -0.2) is 25.4 Å². The Labute approximate surface area is 110 Å². The SMILES string of the molecule is CN(C)c1c(C#N)ccc(F)c1C=NNC(N)=S. The summed E-state index contributed by atoms with van der Waals surface area (Å²) in [4.78, 5) is 1.64. The molecule has 1 aromatic rings. The molecule has 5 nitrogen and oxygen atoms in total. The maximum absolute atomic E-state index is 13.7. The third-order valence-electron chi connectivity index (χ3n) is 2.10. The number of nitrogens with one attached hydrogen (secondary N) is 1. The number of hydrazone groups is 1. The van der Waals surface area contributed by atoms with Gasteiger partial charge in [-0.3, -0.25) is 5.43 Å². The molecule has 0 heterocycles. The fourth-order valence-electron chi connectivity index (χ4n) is 1.44. The van der Waals surface area contributed by atoms with Gasteiger partial charge in [-0.2, -0.15) is 10.4 Å². The molecular formula is C11H12FN5S. The Kier molecular flexibility index (Phi) is 4.57. The lowest BCUT2D eigenvalue weighted by atomic mass is 10.1. The minimum absolute atomic E-state index is 0.0190. The third-order valence-corrected chi connectivity index (χ3v) is 2.19. The van der Waals surface area contributed by atoms with Gasteiger partial charge in [-0.05, 0) is 24.4 Å². The number of hydrogen-bond acceptors (Lipinski definition) is 4. The van der Waals surface area contributed by atoms with Crippen molar-refractivity contribution < 1.29 is 4.39 Å². The molecule has 0 spiro atoms. The summed E-state index contributed by atoms with van der Waals surface area (Å²) in [5.41, 5.74) is 8.54. The summed E-state index contributed by atoms with van der Waals surface area (Å²) < 4.78 is 13.7. The molecule has 18 heavy (non-hydrogen) atoms. The van der Waals surface area contributed by atoms with Gasteiger partial charge in [0.1, 0.15) is 11.9 Å². The van der Waals surface area contributed by atoms with Crippen molar-refractivity contribution in [1.29, 1.82) is 5.26 Å². The average Bonchev–Trinajstić information content (AvgIpc) is 2.30. The average molecular weight is 265 g/mol. The summed E-state index contributed by atoms with van der Waals surface area (Å²) in [5.74, 6) is -0.480. The van der Waals surface area contributed by atoms with Crippen LogP contribution in [0.15, 0.2) is 17.2 Å². The summed E-state index contributed by atoms with van der Waals surface area (Å²) >= 11 is 4.57. The van der Waals surface area contributed by atoms with E-state index in [0.29, 0.717) is 11.3 Å². The number of benzene rings is 1. The Morgan fingerprint density at radius 1 is 1.61 bits per heavy atom. The summed E-state index contributed by atoms with van der Waals surface area (Å²) in [6, 6.07) is 4.64. The minimum atomic E-state index is -0.480. The van der Waals surface area contributed by atoms with E-state index in [2.05, 4.69) is 22.7 Å². The molecular weight excluding hydrogens is 253 g/mol. The standard InChI is InChI=1S/C11H12FN5S/c1-17(2)10-7(5-13)3-4-9(12)8(10)6-15-16-11(14)18/h3-4,6H,1-2H3,(H3,14,16,18). The van der Waals surface area contributed by atoms with Crippen molar-refractivity contribution in [2.75, 3.05) is 19.0 Å². The van der Waals surface area contributed by atoms with E-state index in [4.69, 9.17) is 11.0 Å². The van der Waals surface area contributed by atoms with Crippen LogP contribution in [-0.2, 0) is 0 Å². The molecule has 1 aromatic carbocycles. The zero-order chi connectivity index (χ0) is 13.7. The molecule has 0 aliphatic carbocycles. The van der Waals surface area contributed by atoms with Gasteiger partial charge >= 0.3 is 0 Å². The van der Waals surface area contributed by atoms with E-state index < -0.39 is 5.82 Å². The van der Waals surface area contributed by atoms with Crippen LogP contribution in [0.5, 0.6) is 0 Å². The Morgan fingerprint density at radius 2 is 2.28 bits per heavy atom. The molecule has 0 amide bonds. The highest BCUT2D eigenvalue weighted by Gasteiger charge is 2.13. The first-order valence-corrected chi connectivity index (χ1v) is 5.36. The van der Waals surface area contributed by atoms with Gasteiger partial charge in [0.05, 0.1) is 23.0 Å². The molecule has 0 unspecified atom stereocenters. The highest BCUT2D eigenvalue weighted by molar-refractivity contribution is 7.80. The zero-order valence-corrected chi connectivity index (χ0v) is 10.8. The second kappa shape index (κ2) is 5.93. The maximum atomic E-state index is 13.7. The topological polar surface area (TPSA) is 77.4 Å². The number of nitrogens with zero attached hydrogens (tertiary/aromatic N) is 3. The van der Waals surface area contributed by atoms with E-state index in [0.717, 1.165) is 0 Å². The van der Waals surface area contributed by atoms with Crippen molar-refractivity contribution >= 4 is 29.2 Å². The number of anilines is 1. The molecule has 0 radical (unpaired) electrons. The number of hydrogen-bond donors (Lipinski definition) is 2. The first-order valence-electron chi connectivity index (χ1n) is 4.95. The van der Waals surface area contributed by atoms with Crippen molar-refractivity contribution in [2.45, 2.75) is 0 Å². The van der Waals surface area contributed by atoms with Crippen molar-refractivity contribution in [1.82, 2.24) is 5.43 Å². The fourth-order valence-corrected chi connectivity index (χ4v) is 1.49. The molecule has 0 bridgehead atoms. The molecule has 0 aliphatic heterocycles. The number of nitriles is 1. The number of rotatable bonds is 3. The van der Waals surface area contributed by atoms with Gasteiger partial charge < -0.3 is 10.6 Å². The maximum Gasteiger partial charge on any atom is 0.184 e. The van der Waals surface area contributed by atoms with Gasteiger partial charge in [-0.25, -0.2) is 4.39 Å². The molecule has 0 fully saturated rings. The number of nitrogens with two attached hydrogens (primary N) is 1. The highest BCUT2D eigenvalue weighted by Crippen LogP contribution is 2.24. The van der Waals surface area contributed by atoms with Gasteiger partial charge in [0.15, 0.2) is 5.11 Å². The van der Waals surface area contributed by atoms with E-state index in [-0.39, 0.29) is 10.7 Å². The van der Waals surface area contributed by atoms with Crippen molar-refractivity contribution in [3.63, 3.8) is 0 Å². The molecule has 0 aromatic heterocycles. The molecule has 7 heteroatoms. The van der Waals surface area contributed by atoms with Gasteiger partial charge in [-0.15, -0.1) is 0 Å². The molecule has 0 aliphatic rings. The van der Waals surface area contributed by atoms with E-state index in [1.165, 1.54) is 18.3 Å². The van der Waals surface area contributed by atoms with Crippen molar-refractivity contribution in [3.8, 4) is 6.07 Å². The van der Waals surface area contributed by atoms with Crippen LogP contribution in [0, 0.1) is 17.1 Å². The predicted molar refractivity (Wildman–Crippen MR) is 73.0 cm³/mol. The molecule has 94 valence electrons. The summed E-state index contributed by atoms with van der Waals surface area (Å²) in [6.45, 7) is 0. The fraction of sp³-hybridized carbons (Fsp3) is 0.182. The summed E-state index contributed by atoms with van der Waals surface area (Å²) in [7, 11) is 3.43. The molecule has 1 rings (SSSR count). The second-order valence-corrected chi connectivity index (χ2v) is 4.04. The quantitative estimate of drug-likeness (QED) is 0.483. The number of halogens is 1. The Balaban J connectivity index is 3.28. The predicted octanol–water partition coefficient (Wildman–Crippen LogP) is 0.930. The normalized spacial score (nSPS) is 10.1. The van der Waals surface area contributed by atoms with Crippen LogP contribution in [0.4, 0.5) is 10.1 Å². The molecule has 0 atom stereocenters. The lowest BCUT2D eigenvalue weighted by Gasteiger charge is -2.17. The van der Waals surface area contributed by atoms with Crippen LogP contribution in [0.3, 0.4) is 0 Å². The first-order chi connectivity index (χ1) is 8.47. The molecule has 0 saturated heterocycles. The molecule has 3 N–H and O–H groups in total. The second-order valence-electron chi connectivity index (χ2n) is 3.60. The van der Waals surface area contributed by atoms with Crippen LogP contribution < -0.4 is 16.1 Å². The molecule has 0 saturated carbocycles. The third kappa shape index (κ3) is 3.15. The Morgan fingerprint density at radius 3 is 2.78 bits per heavy atom.